The molecule has 2 aliphatic carbocycles. The molecule has 1 aromatic carbocycles. The van der Waals surface area contributed by atoms with E-state index in [1.165, 1.54) is 38.5 Å². The maximum atomic E-state index is 2.39. The van der Waals surface area contributed by atoms with E-state index in [4.69, 9.17) is 0 Å². The Labute approximate surface area is 99.1 Å². The lowest BCUT2D eigenvalue weighted by Gasteiger charge is -2.42. The quantitative estimate of drug-likeness (QED) is 0.643. The topological polar surface area (TPSA) is 0 Å². The van der Waals surface area contributed by atoms with E-state index < -0.39 is 0 Å². The van der Waals surface area contributed by atoms with Crippen molar-refractivity contribution < 1.29 is 0 Å². The first-order valence-corrected chi connectivity index (χ1v) is 6.98. The molecule has 1 aromatic rings. The molecule has 0 heterocycles. The van der Waals surface area contributed by atoms with Crippen LogP contribution in [0.4, 0.5) is 0 Å². The van der Waals surface area contributed by atoms with Gasteiger partial charge in [-0.1, -0.05) is 50.5 Å². The average Bonchev–Trinajstić information content (AvgIpc) is 2.37. The van der Waals surface area contributed by atoms with Gasteiger partial charge in [-0.05, 0) is 48.1 Å². The van der Waals surface area contributed by atoms with Crippen molar-refractivity contribution in [2.24, 2.45) is 11.8 Å². The molecule has 0 radical (unpaired) electrons. The summed E-state index contributed by atoms with van der Waals surface area (Å²) in [7, 11) is 0. The summed E-state index contributed by atoms with van der Waals surface area (Å²) < 4.78 is 0. The summed E-state index contributed by atoms with van der Waals surface area (Å²) in [4.78, 5) is 0. The van der Waals surface area contributed by atoms with Crippen molar-refractivity contribution in [2.45, 2.75) is 51.4 Å². The van der Waals surface area contributed by atoms with E-state index in [0.29, 0.717) is 0 Å². The van der Waals surface area contributed by atoms with Gasteiger partial charge in [0.25, 0.3) is 0 Å². The Hall–Kier alpha value is -0.780. The van der Waals surface area contributed by atoms with Crippen LogP contribution in [-0.2, 0) is 6.42 Å². The number of aryl methyl sites for hydroxylation is 1. The summed E-state index contributed by atoms with van der Waals surface area (Å²) in [5.74, 6) is 2.89. The fourth-order valence-corrected chi connectivity index (χ4v) is 4.13. The van der Waals surface area contributed by atoms with E-state index in [1.54, 1.807) is 11.1 Å². The van der Waals surface area contributed by atoms with Crippen molar-refractivity contribution >= 4 is 0 Å². The molecule has 1 fully saturated rings. The molecule has 16 heavy (non-hydrogen) atoms. The monoisotopic (exact) mass is 214 g/mol. The lowest BCUT2D eigenvalue weighted by molar-refractivity contribution is 0.175. The number of benzene rings is 1. The van der Waals surface area contributed by atoms with Crippen LogP contribution in [0.1, 0.15) is 56.1 Å². The summed E-state index contributed by atoms with van der Waals surface area (Å²) >= 11 is 0. The molecule has 3 atom stereocenters. The van der Waals surface area contributed by atoms with Crippen molar-refractivity contribution in [3.8, 4) is 0 Å². The fraction of sp³-hybridized carbons (Fsp3) is 0.625. The van der Waals surface area contributed by atoms with Crippen molar-refractivity contribution in [3.05, 3.63) is 35.4 Å². The molecule has 0 heteroatoms. The zero-order chi connectivity index (χ0) is 11.0. The first kappa shape index (κ1) is 10.4. The third kappa shape index (κ3) is 1.59. The molecule has 0 spiro atoms. The highest BCUT2D eigenvalue weighted by atomic mass is 14.4. The number of rotatable bonds is 1. The van der Waals surface area contributed by atoms with Gasteiger partial charge in [0.1, 0.15) is 0 Å². The highest BCUT2D eigenvalue weighted by Gasteiger charge is 2.36. The Bertz CT molecular complexity index is 366. The molecule has 0 aromatic heterocycles. The van der Waals surface area contributed by atoms with Crippen LogP contribution in [0.5, 0.6) is 0 Å². The van der Waals surface area contributed by atoms with Gasteiger partial charge < -0.3 is 0 Å². The molecule has 0 bridgehead atoms. The minimum absolute atomic E-state index is 0.892. The highest BCUT2D eigenvalue weighted by molar-refractivity contribution is 5.34. The van der Waals surface area contributed by atoms with Gasteiger partial charge in [-0.25, -0.2) is 0 Å². The summed E-state index contributed by atoms with van der Waals surface area (Å²) in [6.45, 7) is 2.38. The second kappa shape index (κ2) is 4.24. The second-order valence-corrected chi connectivity index (χ2v) is 5.61. The minimum Gasteiger partial charge on any atom is -0.0651 e. The summed E-state index contributed by atoms with van der Waals surface area (Å²) in [6, 6.07) is 9.18. The lowest BCUT2D eigenvalue weighted by atomic mass is 9.63. The Morgan fingerprint density at radius 2 is 2.00 bits per heavy atom. The summed E-state index contributed by atoms with van der Waals surface area (Å²) in [5, 5.41) is 0. The van der Waals surface area contributed by atoms with Crippen molar-refractivity contribution in [1.29, 1.82) is 0 Å². The molecule has 86 valence electrons. The predicted octanol–water partition coefficient (Wildman–Crippen LogP) is 4.54. The zero-order valence-electron chi connectivity index (χ0n) is 10.3. The Morgan fingerprint density at radius 1 is 1.12 bits per heavy atom. The van der Waals surface area contributed by atoms with Crippen LogP contribution in [0.2, 0.25) is 0 Å². The third-order valence-corrected chi connectivity index (χ3v) is 4.94. The number of fused-ring (bicyclic) bond motifs is 3. The van der Waals surface area contributed by atoms with Gasteiger partial charge in [-0.15, -0.1) is 0 Å². The number of hydrogen-bond donors (Lipinski definition) is 0. The third-order valence-electron chi connectivity index (χ3n) is 4.94. The van der Waals surface area contributed by atoms with Crippen molar-refractivity contribution in [3.63, 3.8) is 0 Å². The van der Waals surface area contributed by atoms with E-state index >= 15 is 0 Å². The van der Waals surface area contributed by atoms with Gasteiger partial charge in [-0.3, -0.25) is 0 Å². The first-order valence-electron chi connectivity index (χ1n) is 6.98. The first-order chi connectivity index (χ1) is 7.90. The average molecular weight is 214 g/mol. The molecule has 0 saturated heterocycles. The van der Waals surface area contributed by atoms with E-state index in [2.05, 4.69) is 31.2 Å². The predicted molar refractivity (Wildman–Crippen MR) is 68.6 cm³/mol. The molecule has 3 rings (SSSR count). The SMILES string of the molecule is CCC1CCCC2c3ccccc3CCC12. The summed E-state index contributed by atoms with van der Waals surface area (Å²) in [6.07, 6.45) is 8.55. The Kier molecular flexibility index (Phi) is 2.75. The minimum atomic E-state index is 0.892. The number of hydrogen-bond acceptors (Lipinski definition) is 0. The Morgan fingerprint density at radius 3 is 2.88 bits per heavy atom. The molecular formula is C16H22. The van der Waals surface area contributed by atoms with Crippen molar-refractivity contribution in [1.82, 2.24) is 0 Å². The molecule has 0 N–H and O–H groups in total. The maximum Gasteiger partial charge on any atom is -0.0128 e. The fourth-order valence-electron chi connectivity index (χ4n) is 4.13. The largest absolute Gasteiger partial charge is 0.0651 e. The van der Waals surface area contributed by atoms with Crippen LogP contribution in [0.3, 0.4) is 0 Å². The standard InChI is InChI=1S/C16H22/c1-2-12-7-5-9-16-14-8-4-3-6-13(14)10-11-15(12)16/h3-4,6,8,12,15-16H,2,5,7,9-11H2,1H3. The molecule has 0 nitrogen and oxygen atoms in total. The molecule has 0 amide bonds. The van der Waals surface area contributed by atoms with E-state index in [1.807, 2.05) is 0 Å². The van der Waals surface area contributed by atoms with Gasteiger partial charge >= 0.3 is 0 Å². The van der Waals surface area contributed by atoms with Crippen LogP contribution in [-0.4, -0.2) is 0 Å². The van der Waals surface area contributed by atoms with Crippen molar-refractivity contribution in [2.75, 3.05) is 0 Å². The summed E-state index contributed by atoms with van der Waals surface area (Å²) in [5.41, 5.74) is 3.33. The van der Waals surface area contributed by atoms with Gasteiger partial charge in [0.05, 0.1) is 0 Å². The maximum absolute atomic E-state index is 2.39. The molecule has 2 aliphatic rings. The van der Waals surface area contributed by atoms with Crippen LogP contribution in [0.15, 0.2) is 24.3 Å². The van der Waals surface area contributed by atoms with Gasteiger partial charge in [0.15, 0.2) is 0 Å². The second-order valence-electron chi connectivity index (χ2n) is 5.61. The van der Waals surface area contributed by atoms with E-state index in [9.17, 15) is 0 Å². The van der Waals surface area contributed by atoms with E-state index in [0.717, 1.165) is 17.8 Å². The molecular weight excluding hydrogens is 192 g/mol. The van der Waals surface area contributed by atoms with Crippen LogP contribution >= 0.6 is 0 Å². The lowest BCUT2D eigenvalue weighted by Crippen LogP contribution is -2.30. The van der Waals surface area contributed by atoms with Gasteiger partial charge in [0.2, 0.25) is 0 Å². The van der Waals surface area contributed by atoms with Crippen LogP contribution in [0, 0.1) is 11.8 Å². The van der Waals surface area contributed by atoms with Crippen LogP contribution < -0.4 is 0 Å². The van der Waals surface area contributed by atoms with Gasteiger partial charge in [0, 0.05) is 0 Å². The highest BCUT2D eigenvalue weighted by Crippen LogP contribution is 2.48. The smallest absolute Gasteiger partial charge is 0.0128 e. The molecule has 3 unspecified atom stereocenters. The zero-order valence-corrected chi connectivity index (χ0v) is 10.3. The van der Waals surface area contributed by atoms with Gasteiger partial charge in [-0.2, -0.15) is 0 Å². The Balaban J connectivity index is 1.94. The molecule has 0 aliphatic heterocycles. The normalized spacial score (nSPS) is 32.9. The van der Waals surface area contributed by atoms with Crippen LogP contribution in [0.25, 0.3) is 0 Å². The molecule has 1 saturated carbocycles. The van der Waals surface area contributed by atoms with E-state index in [-0.39, 0.29) is 0 Å².